The van der Waals surface area contributed by atoms with E-state index in [9.17, 15) is 8.78 Å². The molecule has 1 atom stereocenters. The van der Waals surface area contributed by atoms with E-state index in [0.717, 1.165) is 50.7 Å². The first-order valence-electron chi connectivity index (χ1n) is 6.72. The van der Waals surface area contributed by atoms with Crippen molar-refractivity contribution in [3.63, 3.8) is 0 Å². The average molecular weight is 339 g/mol. The van der Waals surface area contributed by atoms with E-state index in [-0.39, 0.29) is 30.9 Å². The summed E-state index contributed by atoms with van der Waals surface area (Å²) in [5, 5.41) is 3.29. The van der Waals surface area contributed by atoms with Crippen molar-refractivity contribution in [1.82, 2.24) is 10.2 Å². The lowest BCUT2D eigenvalue weighted by Gasteiger charge is -2.35. The lowest BCUT2D eigenvalue weighted by atomic mass is 9.99. The summed E-state index contributed by atoms with van der Waals surface area (Å²) >= 11 is 0. The average Bonchev–Trinajstić information content (AvgIpc) is 2.39. The molecule has 1 aromatic carbocycles. The normalized spacial score (nSPS) is 16.5. The molecule has 2 nitrogen and oxygen atoms in total. The molecule has 1 aliphatic rings. The summed E-state index contributed by atoms with van der Waals surface area (Å²) < 4.78 is 26.8. The molecule has 2 rings (SSSR count). The fourth-order valence-corrected chi connectivity index (χ4v) is 2.60. The van der Waals surface area contributed by atoms with E-state index in [1.807, 2.05) is 6.08 Å². The third-order valence-corrected chi connectivity index (χ3v) is 3.51. The molecule has 1 aliphatic heterocycles. The third kappa shape index (κ3) is 5.91. The molecule has 0 unspecified atom stereocenters. The summed E-state index contributed by atoms with van der Waals surface area (Å²) in [4.78, 5) is 2.29. The molecule has 6 heteroatoms. The molecule has 0 aromatic heterocycles. The Bertz CT molecular complexity index is 417. The summed E-state index contributed by atoms with van der Waals surface area (Å²) in [6.45, 7) is 7.37. The molecule has 0 spiro atoms. The molecule has 1 aromatic rings. The molecule has 1 fully saturated rings. The predicted octanol–water partition coefficient (Wildman–Crippen LogP) is 3.72. The van der Waals surface area contributed by atoms with Gasteiger partial charge in [-0.05, 0) is 30.5 Å². The second kappa shape index (κ2) is 10.1. The number of piperazine rings is 1. The van der Waals surface area contributed by atoms with Gasteiger partial charge in [0.05, 0.1) is 0 Å². The number of halogens is 4. The van der Waals surface area contributed by atoms with E-state index < -0.39 is 11.6 Å². The van der Waals surface area contributed by atoms with E-state index >= 15 is 0 Å². The van der Waals surface area contributed by atoms with Crippen LogP contribution in [0.15, 0.2) is 30.9 Å². The van der Waals surface area contributed by atoms with Crippen molar-refractivity contribution in [3.05, 3.63) is 48.1 Å². The zero-order chi connectivity index (χ0) is 13.7. The van der Waals surface area contributed by atoms with E-state index in [0.29, 0.717) is 0 Å². The highest BCUT2D eigenvalue weighted by Gasteiger charge is 2.22. The van der Waals surface area contributed by atoms with E-state index in [2.05, 4.69) is 16.8 Å². The zero-order valence-corrected chi connectivity index (χ0v) is 13.5. The second-order valence-electron chi connectivity index (χ2n) is 4.87. The Morgan fingerprint density at radius 3 is 2.24 bits per heavy atom. The second-order valence-corrected chi connectivity index (χ2v) is 4.87. The molecule has 120 valence electrons. The first kappa shape index (κ1) is 20.3. The van der Waals surface area contributed by atoms with Gasteiger partial charge in [0, 0.05) is 38.3 Å². The van der Waals surface area contributed by atoms with Crippen LogP contribution in [0, 0.1) is 11.6 Å². The van der Waals surface area contributed by atoms with Gasteiger partial charge in [0.1, 0.15) is 11.6 Å². The SMILES string of the molecule is C=CCC[C@H](c1cc(F)cc(F)c1)N1CCNCC1.Cl.Cl. The number of nitrogens with one attached hydrogen (secondary N) is 1. The van der Waals surface area contributed by atoms with Crippen molar-refractivity contribution < 1.29 is 8.78 Å². The Kier molecular flexibility index (Phi) is 9.79. The van der Waals surface area contributed by atoms with Gasteiger partial charge in [0.25, 0.3) is 0 Å². The molecule has 21 heavy (non-hydrogen) atoms. The van der Waals surface area contributed by atoms with Crippen LogP contribution in [0.1, 0.15) is 24.4 Å². The van der Waals surface area contributed by atoms with Crippen LogP contribution in [0.5, 0.6) is 0 Å². The van der Waals surface area contributed by atoms with Crippen molar-refractivity contribution in [2.24, 2.45) is 0 Å². The van der Waals surface area contributed by atoms with E-state index in [1.54, 1.807) is 0 Å². The predicted molar refractivity (Wildman–Crippen MR) is 87.5 cm³/mol. The first-order chi connectivity index (χ1) is 9.20. The number of nitrogens with zero attached hydrogens (tertiary/aromatic N) is 1. The van der Waals surface area contributed by atoms with Gasteiger partial charge in [-0.15, -0.1) is 31.4 Å². The van der Waals surface area contributed by atoms with E-state index in [4.69, 9.17) is 0 Å². The Morgan fingerprint density at radius 2 is 1.71 bits per heavy atom. The van der Waals surface area contributed by atoms with Gasteiger partial charge < -0.3 is 5.32 Å². The van der Waals surface area contributed by atoms with Gasteiger partial charge in [-0.3, -0.25) is 4.90 Å². The van der Waals surface area contributed by atoms with Gasteiger partial charge in [-0.1, -0.05) is 6.08 Å². The number of rotatable bonds is 5. The highest BCUT2D eigenvalue weighted by molar-refractivity contribution is 5.85. The monoisotopic (exact) mass is 338 g/mol. The summed E-state index contributed by atoms with van der Waals surface area (Å²) in [6.07, 6.45) is 3.53. The van der Waals surface area contributed by atoms with Crippen LogP contribution in [0.3, 0.4) is 0 Å². The van der Waals surface area contributed by atoms with Crippen molar-refractivity contribution in [1.29, 1.82) is 0 Å². The third-order valence-electron chi connectivity index (χ3n) is 3.51. The highest BCUT2D eigenvalue weighted by Crippen LogP contribution is 2.27. The fourth-order valence-electron chi connectivity index (χ4n) is 2.60. The van der Waals surface area contributed by atoms with Gasteiger partial charge >= 0.3 is 0 Å². The van der Waals surface area contributed by atoms with Crippen molar-refractivity contribution in [3.8, 4) is 0 Å². The maximum Gasteiger partial charge on any atom is 0.126 e. The van der Waals surface area contributed by atoms with Crippen molar-refractivity contribution in [2.75, 3.05) is 26.2 Å². The van der Waals surface area contributed by atoms with Crippen molar-refractivity contribution >= 4 is 24.8 Å². The smallest absolute Gasteiger partial charge is 0.126 e. The molecule has 0 aliphatic carbocycles. The van der Waals surface area contributed by atoms with Gasteiger partial charge in [0.2, 0.25) is 0 Å². The highest BCUT2D eigenvalue weighted by atomic mass is 35.5. The summed E-state index contributed by atoms with van der Waals surface area (Å²) in [6, 6.07) is 3.87. The molecular formula is C15H22Cl2F2N2. The molecule has 1 saturated heterocycles. The number of allylic oxidation sites excluding steroid dienone is 1. The minimum absolute atomic E-state index is 0. The lowest BCUT2D eigenvalue weighted by Crippen LogP contribution is -2.45. The Morgan fingerprint density at radius 1 is 1.14 bits per heavy atom. The van der Waals surface area contributed by atoms with Gasteiger partial charge in [-0.2, -0.15) is 0 Å². The van der Waals surface area contributed by atoms with Crippen LogP contribution in [0.25, 0.3) is 0 Å². The Labute approximate surface area is 137 Å². The molecule has 0 bridgehead atoms. The number of hydrogen-bond donors (Lipinski definition) is 1. The molecule has 1 heterocycles. The lowest BCUT2D eigenvalue weighted by molar-refractivity contribution is 0.165. The number of benzene rings is 1. The van der Waals surface area contributed by atoms with Crippen LogP contribution in [-0.4, -0.2) is 31.1 Å². The fraction of sp³-hybridized carbons (Fsp3) is 0.467. The standard InChI is InChI=1S/C15H20F2N2.2ClH/c1-2-3-4-15(19-7-5-18-6-8-19)12-9-13(16)11-14(17)10-12;;/h2,9-11,15,18H,1,3-8H2;2*1H/t15-;;/m1../s1. The maximum atomic E-state index is 13.4. The van der Waals surface area contributed by atoms with Crippen LogP contribution < -0.4 is 5.32 Å². The largest absolute Gasteiger partial charge is 0.314 e. The Hall–Kier alpha value is -0.680. The van der Waals surface area contributed by atoms with Gasteiger partial charge in [0.15, 0.2) is 0 Å². The minimum Gasteiger partial charge on any atom is -0.314 e. The minimum atomic E-state index is -0.506. The quantitative estimate of drug-likeness (QED) is 0.823. The van der Waals surface area contributed by atoms with Crippen LogP contribution in [0.4, 0.5) is 8.78 Å². The first-order valence-corrected chi connectivity index (χ1v) is 6.72. The zero-order valence-electron chi connectivity index (χ0n) is 11.9. The van der Waals surface area contributed by atoms with Crippen molar-refractivity contribution in [2.45, 2.75) is 18.9 Å². The Balaban J connectivity index is 0.00000200. The van der Waals surface area contributed by atoms with E-state index in [1.165, 1.54) is 12.1 Å². The van der Waals surface area contributed by atoms with Crippen LogP contribution in [-0.2, 0) is 0 Å². The van der Waals surface area contributed by atoms with Crippen LogP contribution in [0.2, 0.25) is 0 Å². The summed E-state index contributed by atoms with van der Waals surface area (Å²) in [5.74, 6) is -1.01. The van der Waals surface area contributed by atoms with Gasteiger partial charge in [-0.25, -0.2) is 8.78 Å². The molecule has 0 radical (unpaired) electrons. The number of hydrogen-bond acceptors (Lipinski definition) is 2. The summed E-state index contributed by atoms with van der Waals surface area (Å²) in [5.41, 5.74) is 0.723. The molecule has 1 N–H and O–H groups in total. The maximum absolute atomic E-state index is 13.4. The van der Waals surface area contributed by atoms with Crippen LogP contribution >= 0.6 is 24.8 Å². The summed E-state index contributed by atoms with van der Waals surface area (Å²) in [7, 11) is 0. The molecule has 0 saturated carbocycles. The topological polar surface area (TPSA) is 15.3 Å². The molecular weight excluding hydrogens is 317 g/mol. The molecule has 0 amide bonds.